The lowest BCUT2D eigenvalue weighted by Gasteiger charge is -2.49. The van der Waals surface area contributed by atoms with Gasteiger partial charge in [-0.3, -0.25) is 4.79 Å². The highest BCUT2D eigenvalue weighted by molar-refractivity contribution is 6.04. The van der Waals surface area contributed by atoms with E-state index in [4.69, 9.17) is 14.2 Å². The van der Waals surface area contributed by atoms with E-state index in [1.807, 2.05) is 24.3 Å². The molecule has 7 nitrogen and oxygen atoms in total. The molecule has 1 N–H and O–H groups in total. The second kappa shape index (κ2) is 6.83. The summed E-state index contributed by atoms with van der Waals surface area (Å²) >= 11 is 0. The summed E-state index contributed by atoms with van der Waals surface area (Å²) in [7, 11) is 2.90. The number of rotatable bonds is 4. The van der Waals surface area contributed by atoms with Gasteiger partial charge in [0, 0.05) is 12.8 Å². The van der Waals surface area contributed by atoms with Gasteiger partial charge in [0.1, 0.15) is 11.5 Å². The van der Waals surface area contributed by atoms with Crippen molar-refractivity contribution in [3.8, 4) is 11.5 Å². The molecule has 2 aliphatic rings. The molecule has 0 radical (unpaired) electrons. The Morgan fingerprint density at radius 1 is 1.21 bits per heavy atom. The number of esters is 1. The summed E-state index contributed by atoms with van der Waals surface area (Å²) in [4.78, 5) is 26.8. The van der Waals surface area contributed by atoms with Crippen molar-refractivity contribution in [1.82, 2.24) is 0 Å². The van der Waals surface area contributed by atoms with E-state index in [1.165, 1.54) is 7.11 Å². The minimum Gasteiger partial charge on any atom is -0.497 e. The van der Waals surface area contributed by atoms with Crippen molar-refractivity contribution < 1.29 is 28.9 Å². The fourth-order valence-electron chi connectivity index (χ4n) is 3.70. The maximum atomic E-state index is 13.3. The molecule has 0 aromatic heterocycles. The molecule has 7 heteroatoms. The third kappa shape index (κ3) is 2.97. The minimum atomic E-state index is -1.05. The van der Waals surface area contributed by atoms with Gasteiger partial charge in [-0.25, -0.2) is 4.79 Å². The summed E-state index contributed by atoms with van der Waals surface area (Å²) in [5.41, 5.74) is 0.698. The van der Waals surface area contributed by atoms with Gasteiger partial charge in [-0.1, -0.05) is 12.1 Å². The van der Waals surface area contributed by atoms with Crippen LogP contribution in [0.25, 0.3) is 0 Å². The molecule has 28 heavy (non-hydrogen) atoms. The zero-order valence-corrected chi connectivity index (χ0v) is 15.7. The number of fused-ring (bicyclic) bond motifs is 1. The maximum absolute atomic E-state index is 13.3. The van der Waals surface area contributed by atoms with Crippen molar-refractivity contribution in [3.05, 3.63) is 53.6 Å². The van der Waals surface area contributed by atoms with Crippen LogP contribution in [-0.4, -0.2) is 42.9 Å². The molecule has 1 amide bonds. The lowest BCUT2D eigenvalue weighted by molar-refractivity contribution is -0.156. The number of hydrogen-bond acceptors (Lipinski definition) is 6. The summed E-state index contributed by atoms with van der Waals surface area (Å²) in [6.45, 7) is 0.307. The molecule has 2 aromatic rings. The molecule has 4 rings (SSSR count). The van der Waals surface area contributed by atoms with Gasteiger partial charge in [0.15, 0.2) is 5.60 Å². The number of carbonyl (C=O) groups excluding carboxylic acids is 2. The first-order valence-electron chi connectivity index (χ1n) is 9.00. The lowest BCUT2D eigenvalue weighted by Crippen LogP contribution is -2.64. The first kappa shape index (κ1) is 18.3. The molecule has 0 atom stereocenters. The topological polar surface area (TPSA) is 85.3 Å². The molecule has 0 saturated heterocycles. The molecule has 1 aliphatic carbocycles. The summed E-state index contributed by atoms with van der Waals surface area (Å²) in [6.07, 6.45) is -0.0468. The number of aliphatic hydroxyl groups is 1. The summed E-state index contributed by atoms with van der Waals surface area (Å²) in [5, 5.41) is 9.79. The minimum absolute atomic E-state index is 0.219. The number of methoxy groups -OCH3 is 2. The number of hydrogen-bond donors (Lipinski definition) is 1. The average molecular weight is 383 g/mol. The Morgan fingerprint density at radius 3 is 2.54 bits per heavy atom. The highest BCUT2D eigenvalue weighted by Gasteiger charge is 2.56. The van der Waals surface area contributed by atoms with Crippen LogP contribution < -0.4 is 14.4 Å². The third-order valence-corrected chi connectivity index (χ3v) is 5.24. The smallest absolute Gasteiger partial charge is 0.337 e. The molecule has 0 unspecified atom stereocenters. The monoisotopic (exact) mass is 383 g/mol. The third-order valence-electron chi connectivity index (χ3n) is 5.24. The van der Waals surface area contributed by atoms with E-state index in [1.54, 1.807) is 30.2 Å². The van der Waals surface area contributed by atoms with Crippen LogP contribution in [0.1, 0.15) is 28.8 Å². The van der Waals surface area contributed by atoms with E-state index >= 15 is 0 Å². The van der Waals surface area contributed by atoms with E-state index in [9.17, 15) is 14.7 Å². The summed E-state index contributed by atoms with van der Waals surface area (Å²) < 4.78 is 16.0. The molecule has 1 aliphatic heterocycles. The van der Waals surface area contributed by atoms with Crippen LogP contribution in [0.3, 0.4) is 0 Å². The number of aliphatic hydroxyl groups excluding tert-OH is 1. The van der Waals surface area contributed by atoms with E-state index in [0.717, 1.165) is 11.3 Å². The molecule has 1 fully saturated rings. The number of carbonyl (C=O) groups is 2. The highest BCUT2D eigenvalue weighted by Crippen LogP contribution is 2.47. The quantitative estimate of drug-likeness (QED) is 0.816. The predicted octanol–water partition coefficient (Wildman–Crippen LogP) is 2.30. The lowest BCUT2D eigenvalue weighted by atomic mass is 9.75. The molecule has 146 valence electrons. The Labute approximate surface area is 162 Å². The number of anilines is 1. The SMILES string of the molecule is COC(=O)c1ccc2c(c1)N(Cc1ccc(OC)cc1)C(=O)C1(CC(O)C1)O2. The van der Waals surface area contributed by atoms with Gasteiger partial charge in [-0.2, -0.15) is 0 Å². The Morgan fingerprint density at radius 2 is 1.93 bits per heavy atom. The van der Waals surface area contributed by atoms with E-state index in [-0.39, 0.29) is 18.7 Å². The van der Waals surface area contributed by atoms with Gasteiger partial charge >= 0.3 is 5.97 Å². The van der Waals surface area contributed by atoms with Crippen LogP contribution in [0, 0.1) is 0 Å². The van der Waals surface area contributed by atoms with Crippen molar-refractivity contribution in [2.45, 2.75) is 31.1 Å². The van der Waals surface area contributed by atoms with Crippen LogP contribution >= 0.6 is 0 Å². The van der Waals surface area contributed by atoms with Crippen molar-refractivity contribution in [1.29, 1.82) is 0 Å². The highest BCUT2D eigenvalue weighted by atomic mass is 16.5. The normalized spacial score (nSPS) is 22.9. The van der Waals surface area contributed by atoms with Gasteiger partial charge in [0.05, 0.1) is 38.1 Å². The molecule has 2 aromatic carbocycles. The van der Waals surface area contributed by atoms with E-state index in [0.29, 0.717) is 23.5 Å². The van der Waals surface area contributed by atoms with Gasteiger partial charge in [0.25, 0.3) is 5.91 Å². The van der Waals surface area contributed by atoms with Crippen molar-refractivity contribution >= 4 is 17.6 Å². The van der Waals surface area contributed by atoms with Gasteiger partial charge in [-0.05, 0) is 35.9 Å². The number of amides is 1. The number of ether oxygens (including phenoxy) is 3. The van der Waals surface area contributed by atoms with E-state index < -0.39 is 17.7 Å². The molecular weight excluding hydrogens is 362 g/mol. The Hall–Kier alpha value is -3.06. The standard InChI is InChI=1S/C21H21NO6/c1-26-16-6-3-13(4-7-16)12-22-17-9-14(19(24)27-2)5-8-18(17)28-21(20(22)25)10-15(23)11-21/h3-9,15,23H,10-12H2,1-2H3. The van der Waals surface area contributed by atoms with Crippen LogP contribution in [-0.2, 0) is 16.1 Å². The van der Waals surface area contributed by atoms with Gasteiger partial charge in [-0.15, -0.1) is 0 Å². The van der Waals surface area contributed by atoms with Crippen molar-refractivity contribution in [3.63, 3.8) is 0 Å². The Bertz CT molecular complexity index is 917. The Balaban J connectivity index is 1.73. The first-order chi connectivity index (χ1) is 13.5. The molecule has 1 spiro atoms. The van der Waals surface area contributed by atoms with Crippen molar-refractivity contribution in [2.24, 2.45) is 0 Å². The summed E-state index contributed by atoms with van der Waals surface area (Å²) in [6, 6.07) is 12.3. The Kier molecular flexibility index (Phi) is 4.47. The molecule has 1 heterocycles. The molecular formula is C21H21NO6. The second-order valence-corrected chi connectivity index (χ2v) is 7.07. The predicted molar refractivity (Wildman–Crippen MR) is 101 cm³/mol. The second-order valence-electron chi connectivity index (χ2n) is 7.07. The van der Waals surface area contributed by atoms with Crippen LogP contribution in [0.5, 0.6) is 11.5 Å². The fraction of sp³-hybridized carbons (Fsp3) is 0.333. The molecule has 1 saturated carbocycles. The van der Waals surface area contributed by atoms with Crippen LogP contribution in [0.15, 0.2) is 42.5 Å². The molecule has 0 bridgehead atoms. The largest absolute Gasteiger partial charge is 0.497 e. The number of nitrogens with zero attached hydrogens (tertiary/aromatic N) is 1. The number of benzene rings is 2. The maximum Gasteiger partial charge on any atom is 0.337 e. The van der Waals surface area contributed by atoms with Crippen molar-refractivity contribution in [2.75, 3.05) is 19.1 Å². The average Bonchev–Trinajstić information content (AvgIpc) is 2.69. The van der Waals surface area contributed by atoms with Gasteiger partial charge < -0.3 is 24.2 Å². The first-order valence-corrected chi connectivity index (χ1v) is 9.00. The van der Waals surface area contributed by atoms with Crippen LogP contribution in [0.2, 0.25) is 0 Å². The zero-order chi connectivity index (χ0) is 19.9. The summed E-state index contributed by atoms with van der Waals surface area (Å²) in [5.74, 6) is 0.527. The zero-order valence-electron chi connectivity index (χ0n) is 15.7. The van der Waals surface area contributed by atoms with Gasteiger partial charge in [0.2, 0.25) is 0 Å². The van der Waals surface area contributed by atoms with Crippen LogP contribution in [0.4, 0.5) is 5.69 Å². The fourth-order valence-corrected chi connectivity index (χ4v) is 3.70. The van der Waals surface area contributed by atoms with E-state index in [2.05, 4.69) is 0 Å².